The molecule has 1 aliphatic heterocycles. The Kier molecular flexibility index (Phi) is 4.45. The van der Waals surface area contributed by atoms with Crippen LogP contribution in [0.3, 0.4) is 0 Å². The third kappa shape index (κ3) is 3.15. The van der Waals surface area contributed by atoms with Gasteiger partial charge in [-0.25, -0.2) is 0 Å². The number of carbonyl (C=O) groups is 1. The fourth-order valence-electron chi connectivity index (χ4n) is 2.51. The van der Waals surface area contributed by atoms with Gasteiger partial charge in [0.25, 0.3) is 5.91 Å². The van der Waals surface area contributed by atoms with Crippen molar-refractivity contribution < 1.29 is 37.3 Å². The molecule has 0 aromatic heterocycles. The van der Waals surface area contributed by atoms with Gasteiger partial charge >= 0.3 is 6.29 Å². The largest absolute Gasteiger partial charge is 0.586 e. The fraction of sp³-hybridized carbons (Fsp3) is 0.235. The maximum Gasteiger partial charge on any atom is 0.586 e. The fourth-order valence-corrected chi connectivity index (χ4v) is 2.51. The zero-order chi connectivity index (χ0) is 18.9. The molecule has 2 aromatic rings. The Morgan fingerprint density at radius 2 is 1.65 bits per heavy atom. The summed E-state index contributed by atoms with van der Waals surface area (Å²) in [6, 6.07) is 6.97. The van der Waals surface area contributed by atoms with Gasteiger partial charge in [0.1, 0.15) is 0 Å². The highest BCUT2D eigenvalue weighted by Crippen LogP contribution is 2.43. The van der Waals surface area contributed by atoms with E-state index in [1.165, 1.54) is 45.6 Å². The van der Waals surface area contributed by atoms with Crippen LogP contribution in [0.5, 0.6) is 28.7 Å². The molecule has 0 saturated heterocycles. The van der Waals surface area contributed by atoms with Gasteiger partial charge in [0.2, 0.25) is 5.75 Å². The minimum atomic E-state index is -3.72. The van der Waals surface area contributed by atoms with Crippen LogP contribution >= 0.6 is 0 Å². The van der Waals surface area contributed by atoms with Gasteiger partial charge in [0.05, 0.1) is 26.9 Å². The minimum absolute atomic E-state index is 0.114. The van der Waals surface area contributed by atoms with Crippen molar-refractivity contribution in [2.75, 3.05) is 26.6 Å². The third-order valence-electron chi connectivity index (χ3n) is 3.61. The number of alkyl halides is 2. The summed E-state index contributed by atoms with van der Waals surface area (Å²) in [5, 5.41) is 2.58. The van der Waals surface area contributed by atoms with Crippen molar-refractivity contribution in [2.45, 2.75) is 6.29 Å². The average Bonchev–Trinajstić information content (AvgIpc) is 2.93. The van der Waals surface area contributed by atoms with Gasteiger partial charge in [-0.3, -0.25) is 4.79 Å². The number of anilines is 1. The maximum atomic E-state index is 13.1. The van der Waals surface area contributed by atoms with Gasteiger partial charge in [0, 0.05) is 11.8 Å². The predicted octanol–water partition coefficient (Wildman–Crippen LogP) is 3.29. The lowest BCUT2D eigenvalue weighted by Crippen LogP contribution is -2.25. The van der Waals surface area contributed by atoms with Crippen molar-refractivity contribution >= 4 is 11.6 Å². The van der Waals surface area contributed by atoms with E-state index in [9.17, 15) is 13.6 Å². The van der Waals surface area contributed by atoms with E-state index in [0.717, 1.165) is 0 Å². The number of benzene rings is 2. The summed E-state index contributed by atoms with van der Waals surface area (Å²) in [7, 11) is 4.26. The molecule has 0 atom stereocenters. The van der Waals surface area contributed by atoms with Crippen molar-refractivity contribution in [3.8, 4) is 28.7 Å². The number of halogens is 2. The molecule has 0 spiro atoms. The Morgan fingerprint density at radius 1 is 0.962 bits per heavy atom. The molecule has 0 aliphatic carbocycles. The summed E-state index contributed by atoms with van der Waals surface area (Å²) in [5.41, 5.74) is 0.417. The highest BCUT2D eigenvalue weighted by Gasteiger charge is 2.43. The summed E-state index contributed by atoms with van der Waals surface area (Å²) in [5.74, 6) is 0.00742. The predicted molar refractivity (Wildman–Crippen MR) is 86.7 cm³/mol. The van der Waals surface area contributed by atoms with Crippen LogP contribution in [-0.2, 0) is 0 Å². The van der Waals surface area contributed by atoms with Crippen LogP contribution in [0.2, 0.25) is 0 Å². The molecular formula is C17H15F2NO6. The second kappa shape index (κ2) is 6.58. The molecular weight excluding hydrogens is 352 g/mol. The molecule has 9 heteroatoms. The number of fused-ring (bicyclic) bond motifs is 1. The Balaban J connectivity index is 1.88. The molecule has 0 radical (unpaired) electrons. The zero-order valence-corrected chi connectivity index (χ0v) is 14.1. The van der Waals surface area contributed by atoms with Crippen molar-refractivity contribution in [3.63, 3.8) is 0 Å². The molecule has 3 rings (SSSR count). The molecule has 0 fully saturated rings. The summed E-state index contributed by atoms with van der Waals surface area (Å²) in [6.45, 7) is 0. The maximum absolute atomic E-state index is 13.1. The van der Waals surface area contributed by atoms with Gasteiger partial charge in [-0.1, -0.05) is 0 Å². The van der Waals surface area contributed by atoms with Crippen LogP contribution in [0.15, 0.2) is 30.3 Å². The first-order valence-corrected chi connectivity index (χ1v) is 7.38. The van der Waals surface area contributed by atoms with Gasteiger partial charge < -0.3 is 29.0 Å². The second-order valence-corrected chi connectivity index (χ2v) is 5.17. The molecule has 7 nitrogen and oxygen atoms in total. The Hall–Kier alpha value is -3.23. The lowest BCUT2D eigenvalue weighted by atomic mass is 10.1. The van der Waals surface area contributed by atoms with Crippen LogP contribution in [0.25, 0.3) is 0 Å². The first kappa shape index (κ1) is 17.6. The number of ether oxygens (including phenoxy) is 5. The molecule has 26 heavy (non-hydrogen) atoms. The smallest absolute Gasteiger partial charge is 0.493 e. The van der Waals surface area contributed by atoms with E-state index in [1.807, 2.05) is 0 Å². The molecule has 1 amide bonds. The standard InChI is InChI=1S/C17H15F2NO6/c1-22-12-7-5-10(14(23-2)15(12)24-3)16(21)20-9-4-6-11-13(8-9)26-17(18,19)25-11/h4-8H,1-3H3,(H,20,21). The molecule has 0 unspecified atom stereocenters. The number of hydrogen-bond donors (Lipinski definition) is 1. The summed E-state index contributed by atoms with van der Waals surface area (Å²) in [4.78, 5) is 12.6. The first-order chi connectivity index (χ1) is 12.4. The molecule has 1 heterocycles. The van der Waals surface area contributed by atoms with E-state index in [4.69, 9.17) is 14.2 Å². The molecule has 2 aromatic carbocycles. The SMILES string of the molecule is COc1ccc(C(=O)Nc2ccc3c(c2)OC(F)(F)O3)c(OC)c1OC. The molecule has 1 aliphatic rings. The van der Waals surface area contributed by atoms with Gasteiger partial charge in [0.15, 0.2) is 23.0 Å². The highest BCUT2D eigenvalue weighted by atomic mass is 19.3. The zero-order valence-electron chi connectivity index (χ0n) is 14.1. The van der Waals surface area contributed by atoms with Crippen molar-refractivity contribution in [1.82, 2.24) is 0 Å². The Bertz CT molecular complexity index is 855. The second-order valence-electron chi connectivity index (χ2n) is 5.17. The number of methoxy groups -OCH3 is 3. The number of amides is 1. The number of carbonyl (C=O) groups excluding carboxylic acids is 1. The molecule has 0 saturated carbocycles. The normalized spacial score (nSPS) is 13.9. The number of hydrogen-bond acceptors (Lipinski definition) is 6. The van der Waals surface area contributed by atoms with Crippen molar-refractivity contribution in [2.24, 2.45) is 0 Å². The van der Waals surface area contributed by atoms with E-state index in [2.05, 4.69) is 14.8 Å². The van der Waals surface area contributed by atoms with Crippen LogP contribution < -0.4 is 29.0 Å². The molecule has 138 valence electrons. The lowest BCUT2D eigenvalue weighted by molar-refractivity contribution is -0.286. The number of rotatable bonds is 5. The summed E-state index contributed by atoms with van der Waals surface area (Å²) in [6.07, 6.45) is -3.72. The van der Waals surface area contributed by atoms with Crippen LogP contribution in [0, 0.1) is 0 Å². The number of nitrogens with one attached hydrogen (secondary N) is 1. The van der Waals surface area contributed by atoms with E-state index in [-0.39, 0.29) is 34.2 Å². The van der Waals surface area contributed by atoms with Crippen LogP contribution in [-0.4, -0.2) is 33.5 Å². The Labute approximate surface area is 147 Å². The van der Waals surface area contributed by atoms with Gasteiger partial charge in [-0.15, -0.1) is 8.78 Å². The van der Waals surface area contributed by atoms with E-state index >= 15 is 0 Å². The monoisotopic (exact) mass is 367 g/mol. The van der Waals surface area contributed by atoms with Gasteiger partial charge in [-0.2, -0.15) is 0 Å². The Morgan fingerprint density at radius 3 is 2.31 bits per heavy atom. The van der Waals surface area contributed by atoms with Crippen LogP contribution in [0.4, 0.5) is 14.5 Å². The highest BCUT2D eigenvalue weighted by molar-refractivity contribution is 6.07. The van der Waals surface area contributed by atoms with E-state index < -0.39 is 12.2 Å². The van der Waals surface area contributed by atoms with Gasteiger partial charge in [-0.05, 0) is 24.3 Å². The minimum Gasteiger partial charge on any atom is -0.493 e. The quantitative estimate of drug-likeness (QED) is 0.874. The summed E-state index contributed by atoms with van der Waals surface area (Å²) >= 11 is 0. The van der Waals surface area contributed by atoms with E-state index in [0.29, 0.717) is 5.75 Å². The summed E-state index contributed by atoms with van der Waals surface area (Å²) < 4.78 is 50.5. The topological polar surface area (TPSA) is 75.3 Å². The van der Waals surface area contributed by atoms with E-state index in [1.54, 1.807) is 6.07 Å². The molecule has 1 N–H and O–H groups in total. The van der Waals surface area contributed by atoms with Crippen molar-refractivity contribution in [3.05, 3.63) is 35.9 Å². The van der Waals surface area contributed by atoms with Crippen molar-refractivity contribution in [1.29, 1.82) is 0 Å². The first-order valence-electron chi connectivity index (χ1n) is 7.38. The van der Waals surface area contributed by atoms with Crippen LogP contribution in [0.1, 0.15) is 10.4 Å². The lowest BCUT2D eigenvalue weighted by Gasteiger charge is -2.15. The average molecular weight is 367 g/mol. The molecule has 0 bridgehead atoms. The third-order valence-corrected chi connectivity index (χ3v) is 3.61.